The number of nitrogens with zero attached hydrogens (tertiary/aromatic N) is 1. The predicted molar refractivity (Wildman–Crippen MR) is 43.0 cm³/mol. The van der Waals surface area contributed by atoms with E-state index in [0.717, 1.165) is 0 Å². The minimum atomic E-state index is -3.23. The Bertz CT molecular complexity index is 256. The van der Waals surface area contributed by atoms with Crippen LogP contribution in [-0.2, 0) is 10.2 Å². The lowest BCUT2D eigenvalue weighted by Crippen LogP contribution is -2.45. The van der Waals surface area contributed by atoms with E-state index < -0.39 is 10.2 Å². The third-order valence-electron chi connectivity index (χ3n) is 1.50. The van der Waals surface area contributed by atoms with Gasteiger partial charge in [-0.3, -0.25) is 4.72 Å². The van der Waals surface area contributed by atoms with Gasteiger partial charge in [0.1, 0.15) is 0 Å². The van der Waals surface area contributed by atoms with Gasteiger partial charge in [0.2, 0.25) is 0 Å². The van der Waals surface area contributed by atoms with Crippen LogP contribution in [-0.4, -0.2) is 25.3 Å². The number of hydrogen-bond donors (Lipinski definition) is 1. The van der Waals surface area contributed by atoms with Crippen molar-refractivity contribution in [2.45, 2.75) is 19.9 Å². The molecule has 1 N–H and O–H groups in total. The summed E-state index contributed by atoms with van der Waals surface area (Å²) in [7, 11) is -3.23. The Balaban J connectivity index is 2.88. The fraction of sp³-hybridized carbons (Fsp3) is 0.667. The summed E-state index contributed by atoms with van der Waals surface area (Å²) in [6.45, 7) is 4.16. The molecule has 5 heteroatoms. The molecule has 0 aromatic carbocycles. The van der Waals surface area contributed by atoms with Crippen LogP contribution in [0.4, 0.5) is 0 Å². The summed E-state index contributed by atoms with van der Waals surface area (Å²) in [5.41, 5.74) is 0. The highest BCUT2D eigenvalue weighted by atomic mass is 32.2. The third kappa shape index (κ3) is 1.72. The molecule has 0 unspecified atom stereocenters. The zero-order chi connectivity index (χ0) is 8.48. The molecule has 0 saturated carbocycles. The van der Waals surface area contributed by atoms with Crippen molar-refractivity contribution < 1.29 is 8.42 Å². The van der Waals surface area contributed by atoms with Crippen LogP contribution >= 0.6 is 0 Å². The van der Waals surface area contributed by atoms with Crippen molar-refractivity contribution in [2.75, 3.05) is 6.54 Å². The van der Waals surface area contributed by atoms with Gasteiger partial charge in [-0.15, -0.1) is 0 Å². The SMILES string of the molecule is CC(C)N1CC=CNS1(=O)=O. The van der Waals surface area contributed by atoms with Crippen LogP contribution in [0.1, 0.15) is 13.8 Å². The minimum absolute atomic E-state index is 0.0115. The maximum Gasteiger partial charge on any atom is 0.301 e. The summed E-state index contributed by atoms with van der Waals surface area (Å²) in [6, 6.07) is 0.0115. The maximum absolute atomic E-state index is 11.2. The first kappa shape index (κ1) is 8.55. The summed E-state index contributed by atoms with van der Waals surface area (Å²) in [6.07, 6.45) is 3.23. The molecule has 0 amide bonds. The summed E-state index contributed by atoms with van der Waals surface area (Å²) >= 11 is 0. The van der Waals surface area contributed by atoms with Gasteiger partial charge in [-0.2, -0.15) is 12.7 Å². The standard InChI is InChI=1S/C6H12N2O2S/c1-6(2)8-5-3-4-7-11(8,9)10/h3-4,6-7H,5H2,1-2H3. The molecule has 1 rings (SSSR count). The number of rotatable bonds is 1. The van der Waals surface area contributed by atoms with Crippen LogP contribution in [0.5, 0.6) is 0 Å². The zero-order valence-corrected chi connectivity index (χ0v) is 7.43. The Morgan fingerprint density at radius 3 is 2.55 bits per heavy atom. The first-order valence-corrected chi connectivity index (χ1v) is 4.92. The molecule has 0 saturated heterocycles. The van der Waals surface area contributed by atoms with Gasteiger partial charge in [0.05, 0.1) is 0 Å². The Labute approximate surface area is 67.1 Å². The number of nitrogens with one attached hydrogen (secondary N) is 1. The molecule has 4 nitrogen and oxygen atoms in total. The van der Waals surface area contributed by atoms with Crippen LogP contribution in [0.25, 0.3) is 0 Å². The molecule has 0 radical (unpaired) electrons. The highest BCUT2D eigenvalue weighted by Crippen LogP contribution is 2.07. The monoisotopic (exact) mass is 176 g/mol. The summed E-state index contributed by atoms with van der Waals surface area (Å²) < 4.78 is 26.1. The largest absolute Gasteiger partial charge is 0.301 e. The molecule has 0 atom stereocenters. The molecule has 0 aliphatic carbocycles. The van der Waals surface area contributed by atoms with Crippen molar-refractivity contribution in [1.29, 1.82) is 0 Å². The summed E-state index contributed by atoms with van der Waals surface area (Å²) in [5, 5.41) is 0. The van der Waals surface area contributed by atoms with E-state index in [4.69, 9.17) is 0 Å². The summed E-state index contributed by atoms with van der Waals surface area (Å²) in [5.74, 6) is 0. The third-order valence-corrected chi connectivity index (χ3v) is 3.13. The first-order chi connectivity index (χ1) is 5.04. The molecule has 0 fully saturated rings. The molecule has 0 aromatic rings. The van der Waals surface area contributed by atoms with Crippen molar-refractivity contribution >= 4 is 10.2 Å². The van der Waals surface area contributed by atoms with E-state index in [0.29, 0.717) is 6.54 Å². The lowest BCUT2D eigenvalue weighted by Gasteiger charge is -2.26. The van der Waals surface area contributed by atoms with E-state index in [1.807, 2.05) is 13.8 Å². The van der Waals surface area contributed by atoms with Gasteiger partial charge in [0, 0.05) is 18.8 Å². The van der Waals surface area contributed by atoms with Crippen LogP contribution in [0, 0.1) is 0 Å². The van der Waals surface area contributed by atoms with Gasteiger partial charge in [0.15, 0.2) is 0 Å². The average Bonchev–Trinajstić information content (AvgIpc) is 1.85. The highest BCUT2D eigenvalue weighted by Gasteiger charge is 2.24. The fourth-order valence-electron chi connectivity index (χ4n) is 0.945. The van der Waals surface area contributed by atoms with Gasteiger partial charge in [-0.25, -0.2) is 0 Å². The Hall–Kier alpha value is -0.550. The van der Waals surface area contributed by atoms with Gasteiger partial charge < -0.3 is 0 Å². The van der Waals surface area contributed by atoms with E-state index in [-0.39, 0.29) is 6.04 Å². The maximum atomic E-state index is 11.2. The molecular formula is C6H12N2O2S. The lowest BCUT2D eigenvalue weighted by atomic mass is 10.4. The predicted octanol–water partition coefficient (Wildman–Crippen LogP) is 0.0585. The van der Waals surface area contributed by atoms with Crippen molar-refractivity contribution in [2.24, 2.45) is 0 Å². The Kier molecular flexibility index (Phi) is 2.20. The van der Waals surface area contributed by atoms with Crippen LogP contribution in [0.3, 0.4) is 0 Å². The normalized spacial score (nSPS) is 23.5. The van der Waals surface area contributed by atoms with Gasteiger partial charge in [-0.1, -0.05) is 6.08 Å². The minimum Gasteiger partial charge on any atom is -0.278 e. The quantitative estimate of drug-likeness (QED) is 0.614. The molecule has 1 aliphatic rings. The molecule has 0 spiro atoms. The molecule has 64 valence electrons. The van der Waals surface area contributed by atoms with Crippen molar-refractivity contribution in [3.8, 4) is 0 Å². The fourth-order valence-corrected chi connectivity index (χ4v) is 2.19. The van der Waals surface area contributed by atoms with Crippen molar-refractivity contribution in [1.82, 2.24) is 9.03 Å². The van der Waals surface area contributed by atoms with Crippen LogP contribution < -0.4 is 4.72 Å². The van der Waals surface area contributed by atoms with Gasteiger partial charge in [-0.05, 0) is 13.8 Å². The highest BCUT2D eigenvalue weighted by molar-refractivity contribution is 7.87. The topological polar surface area (TPSA) is 49.4 Å². The smallest absolute Gasteiger partial charge is 0.278 e. The summed E-state index contributed by atoms with van der Waals surface area (Å²) in [4.78, 5) is 0. The zero-order valence-electron chi connectivity index (χ0n) is 6.61. The molecule has 0 bridgehead atoms. The van der Waals surface area contributed by atoms with E-state index >= 15 is 0 Å². The van der Waals surface area contributed by atoms with E-state index in [2.05, 4.69) is 4.72 Å². The molecule has 11 heavy (non-hydrogen) atoms. The van der Waals surface area contributed by atoms with E-state index in [9.17, 15) is 8.42 Å². The molecule has 1 heterocycles. The second-order valence-corrected chi connectivity index (χ2v) is 4.34. The Morgan fingerprint density at radius 1 is 1.55 bits per heavy atom. The van der Waals surface area contributed by atoms with E-state index in [1.54, 1.807) is 6.08 Å². The van der Waals surface area contributed by atoms with Crippen molar-refractivity contribution in [3.63, 3.8) is 0 Å². The Morgan fingerprint density at radius 2 is 2.18 bits per heavy atom. The van der Waals surface area contributed by atoms with E-state index in [1.165, 1.54) is 10.5 Å². The number of hydrogen-bond acceptors (Lipinski definition) is 2. The average molecular weight is 176 g/mol. The van der Waals surface area contributed by atoms with Gasteiger partial charge in [0.25, 0.3) is 0 Å². The lowest BCUT2D eigenvalue weighted by molar-refractivity contribution is 0.374. The van der Waals surface area contributed by atoms with Crippen molar-refractivity contribution in [3.05, 3.63) is 12.3 Å². The van der Waals surface area contributed by atoms with Gasteiger partial charge >= 0.3 is 10.2 Å². The van der Waals surface area contributed by atoms with Crippen LogP contribution in [0.2, 0.25) is 0 Å². The second kappa shape index (κ2) is 2.83. The molecular weight excluding hydrogens is 164 g/mol. The second-order valence-electron chi connectivity index (χ2n) is 2.69. The molecule has 0 aromatic heterocycles. The first-order valence-electron chi connectivity index (χ1n) is 3.48. The molecule has 1 aliphatic heterocycles. The van der Waals surface area contributed by atoms with Crippen LogP contribution in [0.15, 0.2) is 12.3 Å².